The fourth-order valence-electron chi connectivity index (χ4n) is 1.05. The first-order valence-electron chi connectivity index (χ1n) is 4.81. The Bertz CT molecular complexity index is 393. The number of carbonyl (C=O) groups excluding carboxylic acids is 2. The minimum absolute atomic E-state index is 0.278. The molecule has 0 aromatic heterocycles. The van der Waals surface area contributed by atoms with Gasteiger partial charge in [-0.2, -0.15) is 0 Å². The van der Waals surface area contributed by atoms with Crippen molar-refractivity contribution >= 4 is 35.0 Å². The number of esters is 1. The van der Waals surface area contributed by atoms with Crippen molar-refractivity contribution in [3.8, 4) is 0 Å². The van der Waals surface area contributed by atoms with E-state index in [0.29, 0.717) is 16.2 Å². The Labute approximate surface area is 107 Å². The van der Waals surface area contributed by atoms with Gasteiger partial charge in [-0.15, -0.1) is 0 Å². The van der Waals surface area contributed by atoms with Gasteiger partial charge >= 0.3 is 5.97 Å². The van der Waals surface area contributed by atoms with Gasteiger partial charge in [0.05, 0.1) is 0 Å². The van der Waals surface area contributed by atoms with Crippen LogP contribution in [0.4, 0.5) is 0 Å². The second-order valence-electron chi connectivity index (χ2n) is 3.27. The molecule has 4 nitrogen and oxygen atoms in total. The molecule has 6 heteroatoms. The van der Waals surface area contributed by atoms with Gasteiger partial charge in [-0.3, -0.25) is 4.79 Å². The van der Waals surface area contributed by atoms with E-state index in [1.165, 1.54) is 6.92 Å². The Morgan fingerprint density at radius 3 is 2.65 bits per heavy atom. The minimum Gasteiger partial charge on any atom is -0.611 e. The average molecular weight is 275 g/mol. The van der Waals surface area contributed by atoms with E-state index in [4.69, 9.17) is 11.6 Å². The van der Waals surface area contributed by atoms with Crippen LogP contribution >= 0.6 is 11.6 Å². The number of halogens is 1. The SMILES string of the molecule is CC(C=O)OC(=O)C[S+]([O-])c1ccc(Cl)cc1. The lowest BCUT2D eigenvalue weighted by Gasteiger charge is -2.11. The van der Waals surface area contributed by atoms with Crippen LogP contribution < -0.4 is 0 Å². The third-order valence-electron chi connectivity index (χ3n) is 1.83. The first kappa shape index (κ1) is 14.0. The lowest BCUT2D eigenvalue weighted by atomic mass is 10.4. The van der Waals surface area contributed by atoms with Crippen molar-refractivity contribution < 1.29 is 18.9 Å². The van der Waals surface area contributed by atoms with Crippen molar-refractivity contribution in [2.75, 3.05) is 5.75 Å². The van der Waals surface area contributed by atoms with Crippen molar-refractivity contribution in [3.05, 3.63) is 29.3 Å². The van der Waals surface area contributed by atoms with Crippen LogP contribution in [0.1, 0.15) is 6.92 Å². The second-order valence-corrected chi connectivity index (χ2v) is 5.16. The molecule has 0 N–H and O–H groups in total. The highest BCUT2D eigenvalue weighted by Crippen LogP contribution is 2.15. The van der Waals surface area contributed by atoms with E-state index in [1.54, 1.807) is 24.3 Å². The third-order valence-corrected chi connectivity index (χ3v) is 3.38. The highest BCUT2D eigenvalue weighted by molar-refractivity contribution is 7.92. The molecule has 17 heavy (non-hydrogen) atoms. The predicted octanol–water partition coefficient (Wildman–Crippen LogP) is 1.58. The van der Waals surface area contributed by atoms with E-state index < -0.39 is 23.2 Å². The Morgan fingerprint density at radius 1 is 1.53 bits per heavy atom. The quantitative estimate of drug-likeness (QED) is 0.464. The Kier molecular flexibility index (Phi) is 5.47. The van der Waals surface area contributed by atoms with Gasteiger partial charge in [-0.1, -0.05) is 11.6 Å². The summed E-state index contributed by atoms with van der Waals surface area (Å²) in [6, 6.07) is 6.34. The molecule has 0 radical (unpaired) electrons. The Morgan fingerprint density at radius 2 is 2.12 bits per heavy atom. The maximum atomic E-state index is 11.7. The summed E-state index contributed by atoms with van der Waals surface area (Å²) in [7, 11) is 0. The Hall–Kier alpha value is -1.04. The molecule has 92 valence electrons. The number of benzene rings is 1. The smallest absolute Gasteiger partial charge is 0.357 e. The predicted molar refractivity (Wildman–Crippen MR) is 64.3 cm³/mol. The molecule has 0 bridgehead atoms. The maximum Gasteiger partial charge on any atom is 0.357 e. The summed E-state index contributed by atoms with van der Waals surface area (Å²) in [6.45, 7) is 1.44. The summed E-state index contributed by atoms with van der Waals surface area (Å²) in [4.78, 5) is 22.0. The van der Waals surface area contributed by atoms with Gasteiger partial charge in [0.25, 0.3) is 0 Å². The van der Waals surface area contributed by atoms with Crippen molar-refractivity contribution in [1.82, 2.24) is 0 Å². The summed E-state index contributed by atoms with van der Waals surface area (Å²) < 4.78 is 16.4. The highest BCUT2D eigenvalue weighted by Gasteiger charge is 2.19. The van der Waals surface area contributed by atoms with Crippen LogP contribution in [0, 0.1) is 0 Å². The molecule has 0 saturated heterocycles. The first-order chi connectivity index (χ1) is 8.02. The number of ether oxygens (including phenoxy) is 1. The van der Waals surface area contributed by atoms with E-state index >= 15 is 0 Å². The van der Waals surface area contributed by atoms with Gasteiger partial charge in [0.1, 0.15) is 0 Å². The Balaban J connectivity index is 2.54. The van der Waals surface area contributed by atoms with E-state index in [9.17, 15) is 14.1 Å². The summed E-state index contributed by atoms with van der Waals surface area (Å²) in [5.41, 5.74) is 0. The summed E-state index contributed by atoms with van der Waals surface area (Å²) in [5.74, 6) is -0.947. The minimum atomic E-state index is -1.49. The summed E-state index contributed by atoms with van der Waals surface area (Å²) >= 11 is 4.19. The average Bonchev–Trinajstić information content (AvgIpc) is 2.29. The van der Waals surface area contributed by atoms with Crippen molar-refractivity contribution in [1.29, 1.82) is 0 Å². The number of carbonyl (C=O) groups is 2. The van der Waals surface area contributed by atoms with Crippen LogP contribution in [-0.4, -0.2) is 28.7 Å². The van der Waals surface area contributed by atoms with Crippen LogP contribution in [0.15, 0.2) is 29.2 Å². The fourth-order valence-corrected chi connectivity index (χ4v) is 2.06. The molecule has 1 rings (SSSR count). The molecule has 0 saturated carbocycles. The van der Waals surface area contributed by atoms with Crippen LogP contribution in [0.3, 0.4) is 0 Å². The molecular weight excluding hydrogens is 264 g/mol. The van der Waals surface area contributed by atoms with Gasteiger partial charge in [0, 0.05) is 5.02 Å². The molecule has 0 aliphatic rings. The normalized spacial score (nSPS) is 13.8. The molecule has 2 atom stereocenters. The number of aldehydes is 1. The number of hydrogen-bond donors (Lipinski definition) is 0. The largest absolute Gasteiger partial charge is 0.611 e. The van der Waals surface area contributed by atoms with Crippen LogP contribution in [0.25, 0.3) is 0 Å². The third kappa shape index (κ3) is 4.77. The topological polar surface area (TPSA) is 66.4 Å². The molecule has 0 fully saturated rings. The van der Waals surface area contributed by atoms with E-state index in [0.717, 1.165) is 0 Å². The molecular formula is C11H11ClO4S. The molecule has 0 aliphatic heterocycles. The summed E-state index contributed by atoms with van der Waals surface area (Å²) in [6.07, 6.45) is -0.312. The van der Waals surface area contributed by atoms with Gasteiger partial charge in [0.15, 0.2) is 17.3 Å². The molecule has 2 unspecified atom stereocenters. The lowest BCUT2D eigenvalue weighted by Crippen LogP contribution is -2.23. The van der Waals surface area contributed by atoms with Crippen molar-refractivity contribution in [2.45, 2.75) is 17.9 Å². The van der Waals surface area contributed by atoms with E-state index in [-0.39, 0.29) is 5.75 Å². The van der Waals surface area contributed by atoms with E-state index in [2.05, 4.69) is 4.74 Å². The zero-order chi connectivity index (χ0) is 12.8. The maximum absolute atomic E-state index is 11.7. The molecule has 0 heterocycles. The van der Waals surface area contributed by atoms with Gasteiger partial charge in [-0.05, 0) is 42.4 Å². The molecule has 1 aromatic carbocycles. The lowest BCUT2D eigenvalue weighted by molar-refractivity contribution is -0.147. The standard InChI is InChI=1S/C11H11ClO4S/c1-8(6-13)16-11(14)7-17(15)10-4-2-9(12)3-5-10/h2-6,8H,7H2,1H3. The second kappa shape index (κ2) is 6.64. The highest BCUT2D eigenvalue weighted by atomic mass is 35.5. The zero-order valence-electron chi connectivity index (χ0n) is 9.09. The first-order valence-corrected chi connectivity index (χ1v) is 6.51. The summed E-state index contributed by atoms with van der Waals surface area (Å²) in [5, 5.41) is 0.530. The molecule has 0 spiro atoms. The van der Waals surface area contributed by atoms with Gasteiger partial charge in [-0.25, -0.2) is 4.79 Å². The molecule has 0 aliphatic carbocycles. The van der Waals surface area contributed by atoms with Crippen molar-refractivity contribution in [2.24, 2.45) is 0 Å². The van der Waals surface area contributed by atoms with Crippen LogP contribution in [-0.2, 0) is 25.5 Å². The molecule has 0 amide bonds. The monoisotopic (exact) mass is 274 g/mol. The van der Waals surface area contributed by atoms with Gasteiger partial charge < -0.3 is 9.29 Å². The number of rotatable bonds is 5. The fraction of sp³-hybridized carbons (Fsp3) is 0.273. The van der Waals surface area contributed by atoms with Crippen molar-refractivity contribution in [3.63, 3.8) is 0 Å². The molecule has 1 aromatic rings. The number of hydrogen-bond acceptors (Lipinski definition) is 4. The van der Waals surface area contributed by atoms with E-state index in [1.807, 2.05) is 0 Å². The zero-order valence-corrected chi connectivity index (χ0v) is 10.7. The van der Waals surface area contributed by atoms with Crippen LogP contribution in [0.2, 0.25) is 5.02 Å². The van der Waals surface area contributed by atoms with Crippen LogP contribution in [0.5, 0.6) is 0 Å². The van der Waals surface area contributed by atoms with Gasteiger partial charge in [0.2, 0.25) is 5.75 Å².